The normalized spacial score (nSPS) is 10.6. The van der Waals surface area contributed by atoms with Crippen LogP contribution in [0.5, 0.6) is 0 Å². The second-order valence-corrected chi connectivity index (χ2v) is 5.66. The number of nitro benzene ring substituents is 1. The summed E-state index contributed by atoms with van der Waals surface area (Å²) in [4.78, 5) is 10.3. The quantitative estimate of drug-likeness (QED) is 0.628. The van der Waals surface area contributed by atoms with Gasteiger partial charge in [0.05, 0.1) is 4.92 Å². The zero-order chi connectivity index (χ0) is 15.2. The Morgan fingerprint density at radius 1 is 1.10 bits per heavy atom. The molecule has 0 atom stereocenters. The Hall–Kier alpha value is -1.72. The van der Waals surface area contributed by atoms with E-state index in [4.69, 9.17) is 0 Å². The molecule has 0 fully saturated rings. The Morgan fingerprint density at radius 3 is 2.33 bits per heavy atom. The van der Waals surface area contributed by atoms with Crippen LogP contribution in [0.1, 0.15) is 23.6 Å². The van der Waals surface area contributed by atoms with E-state index in [-0.39, 0.29) is 5.69 Å². The van der Waals surface area contributed by atoms with Gasteiger partial charge in [-0.05, 0) is 29.2 Å². The van der Waals surface area contributed by atoms with E-state index >= 15 is 0 Å². The second kappa shape index (κ2) is 7.33. The molecule has 21 heavy (non-hydrogen) atoms. The average molecular weight is 349 g/mol. The van der Waals surface area contributed by atoms with Crippen LogP contribution in [0, 0.1) is 10.1 Å². The lowest BCUT2D eigenvalue weighted by Crippen LogP contribution is -2.13. The van der Waals surface area contributed by atoms with E-state index in [2.05, 4.69) is 52.4 Å². The molecule has 2 aromatic rings. The van der Waals surface area contributed by atoms with Gasteiger partial charge in [-0.15, -0.1) is 0 Å². The molecule has 2 rings (SSSR count). The number of hydrogen-bond donors (Lipinski definition) is 1. The first-order valence-corrected chi connectivity index (χ1v) is 7.61. The van der Waals surface area contributed by atoms with E-state index in [0.717, 1.165) is 23.0 Å². The average Bonchev–Trinajstić information content (AvgIpc) is 2.49. The molecule has 0 aliphatic heterocycles. The molecule has 0 saturated carbocycles. The van der Waals surface area contributed by atoms with Gasteiger partial charge in [0, 0.05) is 29.7 Å². The van der Waals surface area contributed by atoms with E-state index in [1.165, 1.54) is 23.3 Å². The fourth-order valence-electron chi connectivity index (χ4n) is 2.03. The predicted octanol–water partition coefficient (Wildman–Crippen LogP) is 4.21. The number of halogens is 1. The molecule has 0 aliphatic carbocycles. The first kappa shape index (κ1) is 15.7. The number of rotatable bonds is 6. The van der Waals surface area contributed by atoms with Crippen molar-refractivity contribution in [1.82, 2.24) is 5.32 Å². The van der Waals surface area contributed by atoms with E-state index in [1.54, 1.807) is 6.07 Å². The van der Waals surface area contributed by atoms with Crippen molar-refractivity contribution in [3.63, 3.8) is 0 Å². The van der Waals surface area contributed by atoms with Crippen molar-refractivity contribution in [2.45, 2.75) is 26.4 Å². The molecule has 0 aromatic heterocycles. The van der Waals surface area contributed by atoms with Crippen molar-refractivity contribution in [2.24, 2.45) is 0 Å². The van der Waals surface area contributed by atoms with Gasteiger partial charge in [-0.2, -0.15) is 0 Å². The van der Waals surface area contributed by atoms with Crippen molar-refractivity contribution in [1.29, 1.82) is 0 Å². The molecule has 1 N–H and O–H groups in total. The maximum absolute atomic E-state index is 10.7. The zero-order valence-corrected chi connectivity index (χ0v) is 13.4. The Balaban J connectivity index is 1.92. The lowest BCUT2D eigenvalue weighted by molar-refractivity contribution is -0.384. The molecule has 0 bridgehead atoms. The van der Waals surface area contributed by atoms with Gasteiger partial charge in [-0.1, -0.05) is 47.1 Å². The molecule has 5 heteroatoms. The van der Waals surface area contributed by atoms with Gasteiger partial charge in [-0.3, -0.25) is 10.1 Å². The van der Waals surface area contributed by atoms with E-state index < -0.39 is 4.92 Å². The molecular formula is C16H17BrN2O2. The summed E-state index contributed by atoms with van der Waals surface area (Å²) in [6.45, 7) is 3.57. The molecule has 0 aliphatic rings. The monoisotopic (exact) mass is 348 g/mol. The van der Waals surface area contributed by atoms with Crippen molar-refractivity contribution >= 4 is 21.6 Å². The summed E-state index contributed by atoms with van der Waals surface area (Å²) in [7, 11) is 0. The number of nitrogens with one attached hydrogen (secondary N) is 1. The molecule has 110 valence electrons. The summed E-state index contributed by atoms with van der Waals surface area (Å²) in [6, 6.07) is 13.4. The third-order valence-corrected chi connectivity index (χ3v) is 4.06. The third kappa shape index (κ3) is 4.37. The summed E-state index contributed by atoms with van der Waals surface area (Å²) in [5.41, 5.74) is 3.66. The van der Waals surface area contributed by atoms with Crippen LogP contribution >= 0.6 is 15.9 Å². The van der Waals surface area contributed by atoms with Crippen molar-refractivity contribution in [2.75, 3.05) is 0 Å². The molecular weight excluding hydrogens is 332 g/mol. The minimum Gasteiger partial charge on any atom is -0.309 e. The van der Waals surface area contributed by atoms with Crippen LogP contribution < -0.4 is 5.32 Å². The van der Waals surface area contributed by atoms with Gasteiger partial charge in [-0.25, -0.2) is 0 Å². The number of nitro groups is 1. The first-order chi connectivity index (χ1) is 10.1. The lowest BCUT2D eigenvalue weighted by atomic mass is 10.1. The van der Waals surface area contributed by atoms with Crippen LogP contribution in [-0.2, 0) is 19.5 Å². The largest absolute Gasteiger partial charge is 0.309 e. The molecule has 4 nitrogen and oxygen atoms in total. The minimum atomic E-state index is -0.392. The summed E-state index contributed by atoms with van der Waals surface area (Å²) in [5.74, 6) is 0. The van der Waals surface area contributed by atoms with Crippen LogP contribution in [0.25, 0.3) is 0 Å². The highest BCUT2D eigenvalue weighted by atomic mass is 79.9. The van der Waals surface area contributed by atoms with E-state index in [0.29, 0.717) is 6.54 Å². The zero-order valence-electron chi connectivity index (χ0n) is 11.8. The Morgan fingerprint density at radius 2 is 1.76 bits per heavy atom. The minimum absolute atomic E-state index is 0.0979. The van der Waals surface area contributed by atoms with Crippen LogP contribution in [0.15, 0.2) is 46.9 Å². The molecule has 0 saturated heterocycles. The Labute approximate surface area is 132 Å². The second-order valence-electron chi connectivity index (χ2n) is 4.81. The third-order valence-electron chi connectivity index (χ3n) is 3.32. The summed E-state index contributed by atoms with van der Waals surface area (Å²) >= 11 is 3.38. The van der Waals surface area contributed by atoms with Gasteiger partial charge in [0.1, 0.15) is 0 Å². The molecule has 2 aromatic carbocycles. The highest BCUT2D eigenvalue weighted by Gasteiger charge is 2.08. The van der Waals surface area contributed by atoms with Crippen LogP contribution in [0.4, 0.5) is 5.69 Å². The number of non-ortho nitro benzene ring substituents is 1. The van der Waals surface area contributed by atoms with Gasteiger partial charge >= 0.3 is 0 Å². The van der Waals surface area contributed by atoms with Crippen molar-refractivity contribution in [3.05, 3.63) is 73.7 Å². The van der Waals surface area contributed by atoms with Crippen LogP contribution in [0.3, 0.4) is 0 Å². The van der Waals surface area contributed by atoms with Crippen molar-refractivity contribution in [3.8, 4) is 0 Å². The van der Waals surface area contributed by atoms with Gasteiger partial charge in [0.25, 0.3) is 5.69 Å². The number of benzene rings is 2. The Kier molecular flexibility index (Phi) is 5.47. The SMILES string of the molecule is CCc1ccc(CNCc2ccc([N+](=O)[O-])cc2Br)cc1. The fraction of sp³-hybridized carbons (Fsp3) is 0.250. The van der Waals surface area contributed by atoms with Gasteiger partial charge in [0.2, 0.25) is 0 Å². The Bertz CT molecular complexity index is 627. The van der Waals surface area contributed by atoms with Crippen LogP contribution in [0.2, 0.25) is 0 Å². The van der Waals surface area contributed by atoms with Gasteiger partial charge < -0.3 is 5.32 Å². The van der Waals surface area contributed by atoms with Crippen LogP contribution in [-0.4, -0.2) is 4.92 Å². The highest BCUT2D eigenvalue weighted by molar-refractivity contribution is 9.10. The maximum atomic E-state index is 10.7. The summed E-state index contributed by atoms with van der Waals surface area (Å²) in [5, 5.41) is 14.0. The number of nitrogens with zero attached hydrogens (tertiary/aromatic N) is 1. The fourth-order valence-corrected chi connectivity index (χ4v) is 2.53. The molecule has 0 radical (unpaired) electrons. The number of aryl methyl sites for hydroxylation is 1. The molecule has 0 unspecified atom stereocenters. The smallest absolute Gasteiger partial charge is 0.270 e. The first-order valence-electron chi connectivity index (χ1n) is 6.81. The van der Waals surface area contributed by atoms with E-state index in [9.17, 15) is 10.1 Å². The summed E-state index contributed by atoms with van der Waals surface area (Å²) in [6.07, 6.45) is 1.05. The molecule has 0 amide bonds. The molecule has 0 heterocycles. The summed E-state index contributed by atoms with van der Waals surface area (Å²) < 4.78 is 0.755. The molecule has 0 spiro atoms. The predicted molar refractivity (Wildman–Crippen MR) is 87.2 cm³/mol. The maximum Gasteiger partial charge on any atom is 0.270 e. The lowest BCUT2D eigenvalue weighted by Gasteiger charge is -2.07. The van der Waals surface area contributed by atoms with Gasteiger partial charge in [0.15, 0.2) is 0 Å². The number of hydrogen-bond acceptors (Lipinski definition) is 3. The van der Waals surface area contributed by atoms with E-state index in [1.807, 2.05) is 0 Å². The highest BCUT2D eigenvalue weighted by Crippen LogP contribution is 2.22. The standard InChI is InChI=1S/C16H17BrN2O2/c1-2-12-3-5-13(6-4-12)10-18-11-14-7-8-15(19(20)21)9-16(14)17/h3-9,18H,2,10-11H2,1H3. The topological polar surface area (TPSA) is 55.2 Å². The van der Waals surface area contributed by atoms with Crippen molar-refractivity contribution < 1.29 is 4.92 Å².